The van der Waals surface area contributed by atoms with Gasteiger partial charge in [0.15, 0.2) is 11.6 Å². The maximum absolute atomic E-state index is 14.4. The first-order chi connectivity index (χ1) is 21.4. The lowest BCUT2D eigenvalue weighted by atomic mass is 9.67. The number of fused-ring (bicyclic) bond motifs is 6. The summed E-state index contributed by atoms with van der Waals surface area (Å²) in [5, 5.41) is 0. The molecule has 0 heterocycles. The van der Waals surface area contributed by atoms with Gasteiger partial charge in [-0.3, -0.25) is 9.59 Å². The molecule has 0 spiro atoms. The largest absolute Gasteiger partial charge is 0.298 e. The molecule has 2 heteroatoms. The fourth-order valence-corrected chi connectivity index (χ4v) is 8.26. The minimum Gasteiger partial charge on any atom is -0.298 e. The molecular formula is C42H42O2. The second-order valence-corrected chi connectivity index (χ2v) is 12.8. The molecule has 0 radical (unpaired) electrons. The second-order valence-electron chi connectivity index (χ2n) is 12.8. The molecule has 4 aromatic carbocycles. The summed E-state index contributed by atoms with van der Waals surface area (Å²) in [4.78, 5) is 28.9. The lowest BCUT2D eigenvalue weighted by molar-refractivity contribution is -0.127. The Bertz CT molecular complexity index is 1520. The average Bonchev–Trinajstić information content (AvgIpc) is 3.51. The predicted molar refractivity (Wildman–Crippen MR) is 182 cm³/mol. The van der Waals surface area contributed by atoms with Crippen molar-refractivity contribution in [3.8, 4) is 22.3 Å². The molecule has 2 aliphatic rings. The van der Waals surface area contributed by atoms with Crippen molar-refractivity contribution < 1.29 is 9.59 Å². The first-order valence-electron chi connectivity index (χ1n) is 16.1. The molecule has 0 amide bonds. The number of Topliss-reactive ketones (excluding diaryl/α,β-unsaturated/α-hetero) is 2. The van der Waals surface area contributed by atoms with Crippen LogP contribution in [0.15, 0.2) is 122 Å². The Morgan fingerprint density at radius 3 is 1.09 bits per heavy atom. The summed E-state index contributed by atoms with van der Waals surface area (Å²) in [5.74, 6) is 0.313. The van der Waals surface area contributed by atoms with Crippen molar-refractivity contribution in [1.29, 1.82) is 0 Å². The molecular weight excluding hydrogens is 536 g/mol. The van der Waals surface area contributed by atoms with E-state index in [1.807, 2.05) is 36.4 Å². The van der Waals surface area contributed by atoms with Gasteiger partial charge in [-0.25, -0.2) is 0 Å². The molecule has 2 aliphatic carbocycles. The molecule has 2 atom stereocenters. The van der Waals surface area contributed by atoms with Crippen LogP contribution in [0.3, 0.4) is 0 Å². The molecule has 0 saturated heterocycles. The van der Waals surface area contributed by atoms with Crippen LogP contribution in [0.25, 0.3) is 22.3 Å². The van der Waals surface area contributed by atoms with Crippen LogP contribution in [0, 0.1) is 11.8 Å². The highest BCUT2D eigenvalue weighted by molar-refractivity contribution is 6.04. The zero-order chi connectivity index (χ0) is 30.9. The monoisotopic (exact) mass is 578 g/mol. The number of hydrogen-bond donors (Lipinski definition) is 0. The van der Waals surface area contributed by atoms with Crippen molar-refractivity contribution in [1.82, 2.24) is 0 Å². The maximum Gasteiger partial charge on any atom is 0.150 e. The van der Waals surface area contributed by atoms with Gasteiger partial charge in [0.1, 0.15) is 0 Å². The number of hydrogen-bond acceptors (Lipinski definition) is 2. The van der Waals surface area contributed by atoms with Crippen molar-refractivity contribution in [3.05, 3.63) is 145 Å². The van der Waals surface area contributed by atoms with Gasteiger partial charge < -0.3 is 0 Å². The summed E-state index contributed by atoms with van der Waals surface area (Å²) in [7, 11) is 0. The molecule has 4 aromatic rings. The number of benzene rings is 4. The summed E-state index contributed by atoms with van der Waals surface area (Å²) in [5.41, 5.74) is 7.62. The Kier molecular flexibility index (Phi) is 8.12. The van der Waals surface area contributed by atoms with Crippen LogP contribution in [0.1, 0.15) is 74.6 Å². The molecule has 0 fully saturated rings. The first kappa shape index (κ1) is 29.8. The van der Waals surface area contributed by atoms with Crippen LogP contribution >= 0.6 is 0 Å². The van der Waals surface area contributed by atoms with Crippen LogP contribution in [0.5, 0.6) is 0 Å². The Hall–Kier alpha value is -4.30. The highest BCUT2D eigenvalue weighted by Crippen LogP contribution is 2.54. The summed E-state index contributed by atoms with van der Waals surface area (Å²) in [6.45, 7) is 12.3. The van der Waals surface area contributed by atoms with Gasteiger partial charge in [-0.15, -0.1) is 13.2 Å². The van der Waals surface area contributed by atoms with Gasteiger partial charge in [0.25, 0.3) is 0 Å². The molecule has 6 rings (SSSR count). The van der Waals surface area contributed by atoms with Gasteiger partial charge in [0, 0.05) is 11.8 Å². The smallest absolute Gasteiger partial charge is 0.150 e. The van der Waals surface area contributed by atoms with E-state index in [1.54, 1.807) is 0 Å². The number of allylic oxidation sites excluding steroid dienone is 2. The molecule has 2 unspecified atom stereocenters. The van der Waals surface area contributed by atoms with Gasteiger partial charge in [-0.1, -0.05) is 136 Å². The van der Waals surface area contributed by atoms with E-state index >= 15 is 0 Å². The van der Waals surface area contributed by atoms with Gasteiger partial charge >= 0.3 is 0 Å². The van der Waals surface area contributed by atoms with Crippen molar-refractivity contribution in [3.63, 3.8) is 0 Å². The third kappa shape index (κ3) is 4.46. The summed E-state index contributed by atoms with van der Waals surface area (Å²) in [6.07, 6.45) is 8.37. The van der Waals surface area contributed by atoms with Crippen molar-refractivity contribution >= 4 is 11.6 Å². The van der Waals surface area contributed by atoms with Crippen LogP contribution in [0.4, 0.5) is 0 Å². The van der Waals surface area contributed by atoms with Gasteiger partial charge in [0.05, 0.1) is 10.8 Å². The van der Waals surface area contributed by atoms with Crippen LogP contribution in [-0.2, 0) is 20.4 Å². The van der Waals surface area contributed by atoms with E-state index in [4.69, 9.17) is 0 Å². The zero-order valence-corrected chi connectivity index (χ0v) is 26.0. The lowest BCUT2D eigenvalue weighted by Crippen LogP contribution is -2.39. The topological polar surface area (TPSA) is 34.1 Å². The normalized spacial score (nSPS) is 16.1. The maximum atomic E-state index is 14.4. The van der Waals surface area contributed by atoms with E-state index in [9.17, 15) is 9.59 Å². The number of unbranched alkanes of at least 4 members (excludes halogenated alkanes) is 1. The molecule has 2 nitrogen and oxygen atoms in total. The van der Waals surface area contributed by atoms with Crippen LogP contribution in [0.2, 0.25) is 0 Å². The summed E-state index contributed by atoms with van der Waals surface area (Å²) >= 11 is 0. The van der Waals surface area contributed by atoms with E-state index in [2.05, 4.69) is 99.8 Å². The Balaban J connectivity index is 1.17. The second kappa shape index (κ2) is 12.0. The molecule has 0 saturated carbocycles. The van der Waals surface area contributed by atoms with Crippen molar-refractivity contribution in [2.75, 3.05) is 0 Å². The number of ketones is 2. The number of carbonyl (C=O) groups is 2. The number of carbonyl (C=O) groups excluding carboxylic acids is 2. The van der Waals surface area contributed by atoms with E-state index < -0.39 is 10.8 Å². The molecule has 0 aliphatic heterocycles. The van der Waals surface area contributed by atoms with E-state index in [0.29, 0.717) is 12.8 Å². The molecule has 44 heavy (non-hydrogen) atoms. The molecule has 0 bridgehead atoms. The molecule has 222 valence electrons. The molecule has 0 N–H and O–H groups in total. The van der Waals surface area contributed by atoms with E-state index in [0.717, 1.165) is 70.2 Å². The summed E-state index contributed by atoms with van der Waals surface area (Å²) < 4.78 is 0. The Morgan fingerprint density at radius 2 is 0.818 bits per heavy atom. The standard InChI is InChI=1S/C42H42O2/c1-5-27-41(35-23-13-9-19-31(35)32-20-10-14-24-36(32)41)39(43)29(3)17-7-8-18-30(4)40(44)42(28-6-2)37-25-15-11-21-33(37)34-22-12-16-26-38(34)42/h5-6,9-16,19-26,29-30H,1-2,7-8,17-18,27-28H2,3-4H3. The SMILES string of the molecule is C=CCC1(C(=O)C(C)CCCCC(C)C(=O)C2(CC=C)c3ccccc3-c3ccccc32)c2ccccc2-c2ccccc21. The third-order valence-electron chi connectivity index (χ3n) is 10.3. The van der Waals surface area contributed by atoms with Gasteiger partial charge in [-0.2, -0.15) is 0 Å². The number of rotatable bonds is 13. The quantitative estimate of drug-likeness (QED) is 0.117. The highest BCUT2D eigenvalue weighted by Gasteiger charge is 2.50. The summed E-state index contributed by atoms with van der Waals surface area (Å²) in [6, 6.07) is 33.4. The first-order valence-corrected chi connectivity index (χ1v) is 16.1. The minimum atomic E-state index is -0.696. The highest BCUT2D eigenvalue weighted by atomic mass is 16.1. The van der Waals surface area contributed by atoms with Crippen LogP contribution in [-0.4, -0.2) is 11.6 Å². The average molecular weight is 579 g/mol. The molecule has 0 aromatic heterocycles. The van der Waals surface area contributed by atoms with Gasteiger partial charge in [-0.05, 0) is 70.2 Å². The van der Waals surface area contributed by atoms with Gasteiger partial charge in [0.2, 0.25) is 0 Å². The Labute approximate surface area is 262 Å². The fraction of sp³-hybridized carbons (Fsp3) is 0.286. The van der Waals surface area contributed by atoms with E-state index in [1.165, 1.54) is 0 Å². The third-order valence-corrected chi connectivity index (χ3v) is 10.3. The lowest BCUT2D eigenvalue weighted by Gasteiger charge is -2.33. The van der Waals surface area contributed by atoms with E-state index in [-0.39, 0.29) is 23.4 Å². The van der Waals surface area contributed by atoms with Crippen LogP contribution < -0.4 is 0 Å². The zero-order valence-electron chi connectivity index (χ0n) is 26.0. The fourth-order valence-electron chi connectivity index (χ4n) is 8.26. The minimum absolute atomic E-state index is 0.110. The van der Waals surface area contributed by atoms with Crippen molar-refractivity contribution in [2.45, 2.75) is 63.2 Å². The Morgan fingerprint density at radius 1 is 0.545 bits per heavy atom. The predicted octanol–water partition coefficient (Wildman–Crippen LogP) is 10.0. The van der Waals surface area contributed by atoms with Crippen molar-refractivity contribution in [2.24, 2.45) is 11.8 Å².